The molecule has 0 radical (unpaired) electrons. The summed E-state index contributed by atoms with van der Waals surface area (Å²) in [5, 5.41) is 2.95. The van der Waals surface area contributed by atoms with Crippen molar-refractivity contribution in [1.29, 1.82) is 0 Å². The van der Waals surface area contributed by atoms with Gasteiger partial charge in [-0.25, -0.2) is 0 Å². The molecule has 1 aliphatic heterocycles. The number of aryl methyl sites for hydroxylation is 1. The van der Waals surface area contributed by atoms with Crippen LogP contribution in [-0.2, 0) is 9.59 Å². The smallest absolute Gasteiger partial charge is 0.229 e. The van der Waals surface area contributed by atoms with Gasteiger partial charge in [0.05, 0.1) is 26.2 Å². The average molecular weight is 396 g/mol. The lowest BCUT2D eigenvalue weighted by molar-refractivity contribution is -0.135. The number of likely N-dealkylation sites (tertiary alicyclic amines) is 1. The normalized spacial score (nSPS) is 18.8. The SMILES string of the molecule is COc1cc(NC(=O)C2CCC(c3cccc(C)c3)N(C(C)=O)C2)cc(OC)c1. The van der Waals surface area contributed by atoms with Crippen LogP contribution in [-0.4, -0.2) is 37.5 Å². The lowest BCUT2D eigenvalue weighted by Crippen LogP contribution is -2.44. The molecule has 1 fully saturated rings. The largest absolute Gasteiger partial charge is 0.497 e. The fourth-order valence-corrected chi connectivity index (χ4v) is 3.88. The Kier molecular flexibility index (Phi) is 6.42. The van der Waals surface area contributed by atoms with Crippen LogP contribution >= 0.6 is 0 Å². The van der Waals surface area contributed by atoms with Crippen molar-refractivity contribution in [2.75, 3.05) is 26.1 Å². The highest BCUT2D eigenvalue weighted by Crippen LogP contribution is 2.35. The summed E-state index contributed by atoms with van der Waals surface area (Å²) in [5.74, 6) is 0.824. The van der Waals surface area contributed by atoms with Crippen LogP contribution in [0, 0.1) is 12.8 Å². The van der Waals surface area contributed by atoms with Gasteiger partial charge in [-0.05, 0) is 25.3 Å². The molecular formula is C23H28N2O4. The first-order chi connectivity index (χ1) is 13.9. The molecule has 0 bridgehead atoms. The van der Waals surface area contributed by atoms with Gasteiger partial charge in [-0.2, -0.15) is 0 Å². The number of methoxy groups -OCH3 is 2. The van der Waals surface area contributed by atoms with Gasteiger partial charge in [0.2, 0.25) is 11.8 Å². The van der Waals surface area contributed by atoms with Crippen molar-refractivity contribution in [2.45, 2.75) is 32.7 Å². The Balaban J connectivity index is 1.74. The van der Waals surface area contributed by atoms with E-state index in [-0.39, 0.29) is 23.8 Å². The molecule has 0 aromatic heterocycles. The summed E-state index contributed by atoms with van der Waals surface area (Å²) in [4.78, 5) is 27.0. The monoisotopic (exact) mass is 396 g/mol. The third-order valence-electron chi connectivity index (χ3n) is 5.40. The molecule has 6 nitrogen and oxygen atoms in total. The first-order valence-corrected chi connectivity index (χ1v) is 9.79. The molecule has 1 saturated heterocycles. The number of carbonyl (C=O) groups excluding carboxylic acids is 2. The highest BCUT2D eigenvalue weighted by Gasteiger charge is 2.34. The molecule has 1 aliphatic rings. The van der Waals surface area contributed by atoms with E-state index in [1.165, 1.54) is 0 Å². The second-order valence-corrected chi connectivity index (χ2v) is 7.47. The lowest BCUT2D eigenvalue weighted by atomic mass is 9.88. The van der Waals surface area contributed by atoms with Crippen molar-refractivity contribution in [1.82, 2.24) is 4.90 Å². The molecule has 29 heavy (non-hydrogen) atoms. The number of hydrogen-bond acceptors (Lipinski definition) is 4. The van der Waals surface area contributed by atoms with Crippen LogP contribution in [0.3, 0.4) is 0 Å². The number of ether oxygens (including phenoxy) is 2. The Morgan fingerprint density at radius 2 is 1.72 bits per heavy atom. The Bertz CT molecular complexity index is 874. The maximum absolute atomic E-state index is 12.9. The zero-order valence-corrected chi connectivity index (χ0v) is 17.4. The van der Waals surface area contributed by atoms with Gasteiger partial charge in [-0.3, -0.25) is 9.59 Å². The number of carbonyl (C=O) groups is 2. The molecule has 2 amide bonds. The number of amides is 2. The third-order valence-corrected chi connectivity index (χ3v) is 5.40. The number of piperidine rings is 1. The second-order valence-electron chi connectivity index (χ2n) is 7.47. The van der Waals surface area contributed by atoms with Crippen LogP contribution < -0.4 is 14.8 Å². The van der Waals surface area contributed by atoms with Gasteiger partial charge in [0.1, 0.15) is 11.5 Å². The highest BCUT2D eigenvalue weighted by molar-refractivity contribution is 5.93. The number of benzene rings is 2. The van der Waals surface area contributed by atoms with Gasteiger partial charge < -0.3 is 19.7 Å². The van der Waals surface area contributed by atoms with Crippen LogP contribution in [0.5, 0.6) is 11.5 Å². The summed E-state index contributed by atoms with van der Waals surface area (Å²) in [7, 11) is 3.13. The molecule has 1 N–H and O–H groups in total. The summed E-state index contributed by atoms with van der Waals surface area (Å²) in [6.07, 6.45) is 1.47. The van der Waals surface area contributed by atoms with E-state index in [1.807, 2.05) is 24.0 Å². The molecule has 2 unspecified atom stereocenters. The van der Waals surface area contributed by atoms with E-state index in [0.717, 1.165) is 24.0 Å². The summed E-state index contributed by atoms with van der Waals surface area (Å²) >= 11 is 0. The Morgan fingerprint density at radius 3 is 2.31 bits per heavy atom. The van der Waals surface area contributed by atoms with Gasteiger partial charge in [-0.15, -0.1) is 0 Å². The fourth-order valence-electron chi connectivity index (χ4n) is 3.88. The zero-order chi connectivity index (χ0) is 21.0. The Morgan fingerprint density at radius 1 is 1.03 bits per heavy atom. The number of anilines is 1. The van der Waals surface area contributed by atoms with Crippen LogP contribution in [0.1, 0.15) is 36.9 Å². The second kappa shape index (κ2) is 8.99. The van der Waals surface area contributed by atoms with Crippen LogP contribution in [0.4, 0.5) is 5.69 Å². The molecule has 0 saturated carbocycles. The van der Waals surface area contributed by atoms with Gasteiger partial charge in [0.25, 0.3) is 0 Å². The van der Waals surface area contributed by atoms with E-state index in [2.05, 4.69) is 17.4 Å². The minimum Gasteiger partial charge on any atom is -0.497 e. The summed E-state index contributed by atoms with van der Waals surface area (Å²) in [6, 6.07) is 13.5. The first-order valence-electron chi connectivity index (χ1n) is 9.79. The van der Waals surface area contributed by atoms with Crippen LogP contribution in [0.2, 0.25) is 0 Å². The molecule has 2 atom stereocenters. The molecular weight excluding hydrogens is 368 g/mol. The van der Waals surface area contributed by atoms with E-state index >= 15 is 0 Å². The Labute approximate surface area is 171 Å². The summed E-state index contributed by atoms with van der Waals surface area (Å²) < 4.78 is 10.5. The minimum atomic E-state index is -0.267. The number of hydrogen-bond donors (Lipinski definition) is 1. The fraction of sp³-hybridized carbons (Fsp3) is 0.391. The predicted octanol–water partition coefficient (Wildman–Crippen LogP) is 3.95. The van der Waals surface area contributed by atoms with Crippen molar-refractivity contribution >= 4 is 17.5 Å². The highest BCUT2D eigenvalue weighted by atomic mass is 16.5. The minimum absolute atomic E-state index is 0.00774. The summed E-state index contributed by atoms with van der Waals surface area (Å²) in [5.41, 5.74) is 2.90. The van der Waals surface area contributed by atoms with E-state index < -0.39 is 0 Å². The van der Waals surface area contributed by atoms with E-state index in [1.54, 1.807) is 39.3 Å². The van der Waals surface area contributed by atoms with Crippen molar-refractivity contribution in [3.05, 3.63) is 53.6 Å². The van der Waals surface area contributed by atoms with Gasteiger partial charge in [0, 0.05) is 37.4 Å². The average Bonchev–Trinajstić information content (AvgIpc) is 2.72. The third kappa shape index (κ3) is 4.88. The molecule has 1 heterocycles. The molecule has 6 heteroatoms. The Hall–Kier alpha value is -3.02. The standard InChI is InChI=1S/C23H28N2O4/c1-15-6-5-7-17(10-15)22-9-8-18(14-25(22)16(2)26)23(27)24-19-11-20(28-3)13-21(12-19)29-4/h5-7,10-13,18,22H,8-9,14H2,1-4H3,(H,24,27). The van der Waals surface area contributed by atoms with Crippen molar-refractivity contribution in [3.63, 3.8) is 0 Å². The maximum Gasteiger partial charge on any atom is 0.229 e. The quantitative estimate of drug-likeness (QED) is 0.831. The van der Waals surface area contributed by atoms with Gasteiger partial charge >= 0.3 is 0 Å². The van der Waals surface area contributed by atoms with Crippen molar-refractivity contribution in [2.24, 2.45) is 5.92 Å². The maximum atomic E-state index is 12.9. The number of nitrogens with zero attached hydrogens (tertiary/aromatic N) is 1. The van der Waals surface area contributed by atoms with Crippen molar-refractivity contribution in [3.8, 4) is 11.5 Å². The van der Waals surface area contributed by atoms with E-state index in [9.17, 15) is 9.59 Å². The number of rotatable bonds is 5. The van der Waals surface area contributed by atoms with Crippen LogP contribution in [0.25, 0.3) is 0 Å². The van der Waals surface area contributed by atoms with E-state index in [4.69, 9.17) is 9.47 Å². The molecule has 0 aliphatic carbocycles. The zero-order valence-electron chi connectivity index (χ0n) is 17.4. The predicted molar refractivity (Wildman–Crippen MR) is 112 cm³/mol. The van der Waals surface area contributed by atoms with E-state index in [0.29, 0.717) is 23.7 Å². The topological polar surface area (TPSA) is 67.9 Å². The lowest BCUT2D eigenvalue weighted by Gasteiger charge is -2.39. The molecule has 0 spiro atoms. The number of nitrogens with one attached hydrogen (secondary N) is 1. The van der Waals surface area contributed by atoms with Gasteiger partial charge in [-0.1, -0.05) is 29.8 Å². The molecule has 2 aromatic rings. The molecule has 154 valence electrons. The van der Waals surface area contributed by atoms with Gasteiger partial charge in [0.15, 0.2) is 0 Å². The van der Waals surface area contributed by atoms with Crippen LogP contribution in [0.15, 0.2) is 42.5 Å². The van der Waals surface area contributed by atoms with Crippen molar-refractivity contribution < 1.29 is 19.1 Å². The molecule has 2 aromatic carbocycles. The molecule has 3 rings (SSSR count). The summed E-state index contributed by atoms with van der Waals surface area (Å²) in [6.45, 7) is 4.01. The first kappa shape index (κ1) is 20.7.